The van der Waals surface area contributed by atoms with Crippen LogP contribution in [0.4, 0.5) is 0 Å². The fraction of sp³-hybridized carbons (Fsp3) is 0.455. The molecule has 2 saturated heterocycles. The quantitative estimate of drug-likeness (QED) is 0.848. The third-order valence-corrected chi connectivity index (χ3v) is 6.20. The van der Waals surface area contributed by atoms with Crippen molar-refractivity contribution in [2.24, 2.45) is 0 Å². The topological polar surface area (TPSA) is 69.3 Å². The molecular formula is C22H25N3O2. The van der Waals surface area contributed by atoms with Crippen LogP contribution in [0.3, 0.4) is 0 Å². The molecule has 2 bridgehead atoms. The van der Waals surface area contributed by atoms with Gasteiger partial charge in [0.25, 0.3) is 0 Å². The normalized spacial score (nSPS) is 24.7. The first-order chi connectivity index (χ1) is 13.0. The summed E-state index contributed by atoms with van der Waals surface area (Å²) in [4.78, 5) is 15.3. The highest BCUT2D eigenvalue weighted by molar-refractivity contribution is 5.99. The van der Waals surface area contributed by atoms with Crippen LogP contribution in [-0.4, -0.2) is 45.1 Å². The predicted molar refractivity (Wildman–Crippen MR) is 103 cm³/mol. The van der Waals surface area contributed by atoms with Crippen molar-refractivity contribution in [3.05, 3.63) is 52.8 Å². The molecule has 2 aliphatic rings. The number of piperidine rings is 1. The third-order valence-electron chi connectivity index (χ3n) is 6.20. The van der Waals surface area contributed by atoms with Crippen molar-refractivity contribution >= 4 is 5.78 Å². The zero-order valence-electron chi connectivity index (χ0n) is 15.9. The number of rotatable bonds is 4. The second-order valence-corrected chi connectivity index (χ2v) is 7.83. The monoisotopic (exact) mass is 363 g/mol. The van der Waals surface area contributed by atoms with Gasteiger partial charge in [0.15, 0.2) is 5.78 Å². The van der Waals surface area contributed by atoms with Gasteiger partial charge in [-0.25, -0.2) is 0 Å². The molecule has 2 fully saturated rings. The van der Waals surface area contributed by atoms with Crippen LogP contribution < -0.4 is 0 Å². The van der Waals surface area contributed by atoms with Gasteiger partial charge in [0, 0.05) is 34.7 Å². The first-order valence-electron chi connectivity index (χ1n) is 9.66. The van der Waals surface area contributed by atoms with Gasteiger partial charge in [-0.05, 0) is 63.4 Å². The summed E-state index contributed by atoms with van der Waals surface area (Å²) in [6.07, 6.45) is 3.70. The van der Waals surface area contributed by atoms with E-state index in [4.69, 9.17) is 5.26 Å². The van der Waals surface area contributed by atoms with Crippen LogP contribution in [0.1, 0.15) is 53.0 Å². The van der Waals surface area contributed by atoms with Crippen molar-refractivity contribution in [1.29, 1.82) is 5.26 Å². The predicted octanol–water partition coefficient (Wildman–Crippen LogP) is 3.14. The molecular weight excluding hydrogens is 338 g/mol. The van der Waals surface area contributed by atoms with Gasteiger partial charge >= 0.3 is 0 Å². The molecule has 5 nitrogen and oxygen atoms in total. The number of hydrogen-bond acceptors (Lipinski definition) is 4. The number of nitriles is 1. The van der Waals surface area contributed by atoms with Crippen molar-refractivity contribution < 1.29 is 9.90 Å². The number of Topliss-reactive ketones (excluding diaryl/α,β-unsaturated/α-hetero) is 1. The molecule has 3 atom stereocenters. The fourth-order valence-corrected chi connectivity index (χ4v) is 4.89. The van der Waals surface area contributed by atoms with Crippen molar-refractivity contribution in [3.63, 3.8) is 0 Å². The van der Waals surface area contributed by atoms with Crippen molar-refractivity contribution in [3.8, 4) is 11.8 Å². The van der Waals surface area contributed by atoms with E-state index in [2.05, 4.69) is 15.5 Å². The molecule has 1 aromatic carbocycles. The average Bonchev–Trinajstić information content (AvgIpc) is 3.03. The summed E-state index contributed by atoms with van der Waals surface area (Å²) in [7, 11) is 0. The highest BCUT2D eigenvalue weighted by Crippen LogP contribution is 2.36. The molecule has 0 saturated carbocycles. The summed E-state index contributed by atoms with van der Waals surface area (Å²) in [6, 6.07) is 12.0. The van der Waals surface area contributed by atoms with Gasteiger partial charge in [0.2, 0.25) is 0 Å². The van der Waals surface area contributed by atoms with E-state index in [0.29, 0.717) is 18.2 Å². The number of nitrogens with zero attached hydrogens (tertiary/aromatic N) is 3. The fourth-order valence-electron chi connectivity index (χ4n) is 4.89. The molecule has 5 heteroatoms. The Hall–Kier alpha value is -2.42. The minimum Gasteiger partial charge on any atom is -0.391 e. The summed E-state index contributed by atoms with van der Waals surface area (Å²) in [5.74, 6) is 0.119. The molecule has 3 heterocycles. The lowest BCUT2D eigenvalue weighted by atomic mass is 10.0. The summed E-state index contributed by atoms with van der Waals surface area (Å²) in [5.41, 5.74) is 4.25. The molecule has 1 aromatic heterocycles. The Labute approximate surface area is 159 Å². The number of carbonyl (C=O) groups is 1. The average molecular weight is 363 g/mol. The van der Waals surface area contributed by atoms with E-state index >= 15 is 0 Å². The Morgan fingerprint density at radius 1 is 1.26 bits per heavy atom. The lowest BCUT2D eigenvalue weighted by Gasteiger charge is -2.34. The zero-order valence-corrected chi connectivity index (χ0v) is 15.9. The lowest BCUT2D eigenvalue weighted by Crippen LogP contribution is -2.44. The Morgan fingerprint density at radius 3 is 2.67 bits per heavy atom. The largest absolute Gasteiger partial charge is 0.391 e. The van der Waals surface area contributed by atoms with Gasteiger partial charge in [-0.3, -0.25) is 9.69 Å². The number of carbonyl (C=O) groups excluding carboxylic acids is 1. The number of aliphatic hydroxyl groups is 1. The highest BCUT2D eigenvalue weighted by Gasteiger charge is 2.43. The number of aliphatic hydroxyl groups excluding tert-OH is 1. The number of benzene rings is 1. The van der Waals surface area contributed by atoms with Crippen LogP contribution in [0.2, 0.25) is 0 Å². The molecule has 0 amide bonds. The van der Waals surface area contributed by atoms with Gasteiger partial charge in [-0.1, -0.05) is 6.42 Å². The van der Waals surface area contributed by atoms with Gasteiger partial charge in [0.1, 0.15) is 0 Å². The Bertz CT molecular complexity index is 907. The number of aromatic nitrogens is 1. The zero-order chi connectivity index (χ0) is 19.1. The molecule has 0 unspecified atom stereocenters. The molecule has 0 spiro atoms. The standard InChI is InChI=1S/C22H25N3O2/c1-14-10-19(15(2)25(14)17-8-6-16(12-23)7-9-17)22(27)13-24-18-4-3-5-20(24)21(26)11-18/h6-10,18,20-21,26H,3-5,11,13H2,1-2H3/t18-,20+,21-/m0/s1. The van der Waals surface area contributed by atoms with E-state index in [0.717, 1.165) is 48.3 Å². The van der Waals surface area contributed by atoms with E-state index in [9.17, 15) is 9.90 Å². The van der Waals surface area contributed by atoms with Gasteiger partial charge in [0.05, 0.1) is 24.3 Å². The van der Waals surface area contributed by atoms with Crippen molar-refractivity contribution in [2.45, 2.75) is 57.7 Å². The van der Waals surface area contributed by atoms with Crippen molar-refractivity contribution in [2.75, 3.05) is 6.54 Å². The first kappa shape index (κ1) is 18.0. The SMILES string of the molecule is Cc1cc(C(=O)CN2[C@H]3CCC[C@@H]2[C@@H](O)C3)c(C)n1-c1ccc(C#N)cc1. The van der Waals surface area contributed by atoms with Gasteiger partial charge in [-0.2, -0.15) is 5.26 Å². The van der Waals surface area contributed by atoms with Crippen LogP contribution >= 0.6 is 0 Å². The number of ketones is 1. The maximum Gasteiger partial charge on any atom is 0.178 e. The van der Waals surface area contributed by atoms with E-state index in [1.165, 1.54) is 0 Å². The van der Waals surface area contributed by atoms with Crippen molar-refractivity contribution in [1.82, 2.24) is 9.47 Å². The molecule has 27 heavy (non-hydrogen) atoms. The molecule has 140 valence electrons. The van der Waals surface area contributed by atoms with Gasteiger partial charge in [-0.15, -0.1) is 0 Å². The summed E-state index contributed by atoms with van der Waals surface area (Å²) < 4.78 is 2.06. The lowest BCUT2D eigenvalue weighted by molar-refractivity contribution is 0.0688. The summed E-state index contributed by atoms with van der Waals surface area (Å²) >= 11 is 0. The molecule has 2 aromatic rings. The highest BCUT2D eigenvalue weighted by atomic mass is 16.3. The molecule has 0 radical (unpaired) electrons. The Kier molecular flexibility index (Phi) is 4.63. The maximum atomic E-state index is 13.1. The first-order valence-corrected chi connectivity index (χ1v) is 9.66. The minimum absolute atomic E-state index is 0.119. The minimum atomic E-state index is -0.295. The Balaban J connectivity index is 1.59. The van der Waals surface area contributed by atoms with E-state index < -0.39 is 0 Å². The van der Waals surface area contributed by atoms with Crippen LogP contribution in [0.5, 0.6) is 0 Å². The smallest absolute Gasteiger partial charge is 0.178 e. The Morgan fingerprint density at radius 2 is 2.00 bits per heavy atom. The second kappa shape index (κ2) is 6.95. The number of fused-ring (bicyclic) bond motifs is 2. The molecule has 2 aliphatic heterocycles. The summed E-state index contributed by atoms with van der Waals surface area (Å²) in [5, 5.41) is 19.3. The molecule has 0 aliphatic carbocycles. The number of hydrogen-bond donors (Lipinski definition) is 1. The van der Waals surface area contributed by atoms with Gasteiger partial charge < -0.3 is 9.67 Å². The summed E-state index contributed by atoms with van der Waals surface area (Å²) in [6.45, 7) is 4.35. The number of aryl methyl sites for hydroxylation is 1. The maximum absolute atomic E-state index is 13.1. The van der Waals surface area contributed by atoms with E-state index in [1.807, 2.05) is 32.0 Å². The van der Waals surface area contributed by atoms with Crippen LogP contribution in [-0.2, 0) is 0 Å². The van der Waals surface area contributed by atoms with E-state index in [1.54, 1.807) is 12.1 Å². The van der Waals surface area contributed by atoms with Crippen LogP contribution in [0.15, 0.2) is 30.3 Å². The molecule has 1 N–H and O–H groups in total. The van der Waals surface area contributed by atoms with Crippen LogP contribution in [0.25, 0.3) is 5.69 Å². The molecule has 4 rings (SSSR count). The third kappa shape index (κ3) is 3.09. The second-order valence-electron chi connectivity index (χ2n) is 7.83. The van der Waals surface area contributed by atoms with E-state index in [-0.39, 0.29) is 17.9 Å². The van der Waals surface area contributed by atoms with Crippen LogP contribution in [0, 0.1) is 25.2 Å².